The lowest BCUT2D eigenvalue weighted by molar-refractivity contribution is -0.137. The molecule has 2 aliphatic heterocycles. The fourth-order valence-electron chi connectivity index (χ4n) is 6.23. The van der Waals surface area contributed by atoms with Gasteiger partial charge >= 0.3 is 6.18 Å². The third-order valence-electron chi connectivity index (χ3n) is 7.78. The summed E-state index contributed by atoms with van der Waals surface area (Å²) in [4.78, 5) is 18.0. The maximum Gasteiger partial charge on any atom is 0.416 e. The van der Waals surface area contributed by atoms with E-state index in [0.29, 0.717) is 34.4 Å². The molecule has 0 saturated carbocycles. The number of likely N-dealkylation sites (tertiary alicyclic amines) is 1. The van der Waals surface area contributed by atoms with Crippen molar-refractivity contribution in [2.75, 3.05) is 18.0 Å². The van der Waals surface area contributed by atoms with Crippen LogP contribution in [-0.4, -0.2) is 23.9 Å². The van der Waals surface area contributed by atoms with E-state index in [-0.39, 0.29) is 11.6 Å². The number of anilines is 1. The van der Waals surface area contributed by atoms with Crippen LogP contribution in [0, 0.1) is 29.1 Å². The summed E-state index contributed by atoms with van der Waals surface area (Å²) in [7, 11) is 0. The summed E-state index contributed by atoms with van der Waals surface area (Å²) in [6.07, 6.45) is -3.47. The van der Waals surface area contributed by atoms with Crippen LogP contribution < -0.4 is 4.90 Å². The van der Waals surface area contributed by atoms with E-state index in [1.807, 2.05) is 19.1 Å². The minimum Gasteiger partial charge on any atom is -0.374 e. The Morgan fingerprint density at radius 1 is 1.05 bits per heavy atom. The molecule has 0 aromatic heterocycles. The van der Waals surface area contributed by atoms with Crippen molar-refractivity contribution in [3.63, 3.8) is 0 Å². The summed E-state index contributed by atoms with van der Waals surface area (Å²) >= 11 is 0. The molecule has 1 amide bonds. The highest BCUT2D eigenvalue weighted by Crippen LogP contribution is 2.48. The number of allylic oxidation sites excluding steroid dienone is 3. The number of carbonyl (C=O) groups is 1. The van der Waals surface area contributed by atoms with Crippen molar-refractivity contribution in [1.82, 2.24) is 4.90 Å². The molecule has 2 heterocycles. The van der Waals surface area contributed by atoms with Crippen LogP contribution in [0.3, 0.4) is 0 Å². The Morgan fingerprint density at radius 2 is 1.67 bits per heavy atom. The number of rotatable bonds is 5. The molecule has 4 unspecified atom stereocenters. The van der Waals surface area contributed by atoms with E-state index in [1.54, 1.807) is 19.1 Å². The molecule has 4 rings (SSSR count). The van der Waals surface area contributed by atoms with Gasteiger partial charge in [-0.3, -0.25) is 9.69 Å². The van der Waals surface area contributed by atoms with E-state index in [0.717, 1.165) is 42.8 Å². The molecule has 0 radical (unpaired) electrons. The van der Waals surface area contributed by atoms with E-state index in [2.05, 4.69) is 38.0 Å². The first-order chi connectivity index (χ1) is 18.3. The van der Waals surface area contributed by atoms with Crippen molar-refractivity contribution in [1.29, 1.82) is 5.26 Å². The van der Waals surface area contributed by atoms with Crippen LogP contribution in [-0.2, 0) is 11.0 Å². The summed E-state index contributed by atoms with van der Waals surface area (Å²) in [5.41, 5.74) is 3.33. The summed E-state index contributed by atoms with van der Waals surface area (Å²) in [5.74, 6) is -0.725. The number of benzene rings is 2. The maximum absolute atomic E-state index is 14.5. The molecule has 0 spiro atoms. The largest absolute Gasteiger partial charge is 0.416 e. The highest BCUT2D eigenvalue weighted by Gasteiger charge is 2.46. The highest BCUT2D eigenvalue weighted by atomic mass is 19.4. The van der Waals surface area contributed by atoms with Gasteiger partial charge in [0, 0.05) is 36.1 Å². The molecule has 7 heteroatoms. The predicted octanol–water partition coefficient (Wildman–Crippen LogP) is 7.67. The van der Waals surface area contributed by atoms with Crippen molar-refractivity contribution < 1.29 is 18.0 Å². The Hall–Kier alpha value is -3.79. The third kappa shape index (κ3) is 5.52. The number of hydrogen-bond donors (Lipinski definition) is 0. The van der Waals surface area contributed by atoms with Crippen LogP contribution in [0.4, 0.5) is 18.9 Å². The van der Waals surface area contributed by atoms with Crippen LogP contribution in [0.1, 0.15) is 56.7 Å². The lowest BCUT2D eigenvalue weighted by atomic mass is 9.72. The topological polar surface area (TPSA) is 47.3 Å². The molecular weight excluding hydrogens is 499 g/mol. The van der Waals surface area contributed by atoms with Crippen molar-refractivity contribution in [2.24, 2.45) is 17.8 Å². The molecule has 0 N–H and O–H groups in total. The molecule has 0 aliphatic carbocycles. The van der Waals surface area contributed by atoms with Crippen LogP contribution in [0.25, 0.3) is 0 Å². The molecule has 4 nitrogen and oxygen atoms in total. The number of halogens is 3. The van der Waals surface area contributed by atoms with Crippen molar-refractivity contribution >= 4 is 11.6 Å². The number of piperidine rings is 1. The second-order valence-corrected chi connectivity index (χ2v) is 11.0. The van der Waals surface area contributed by atoms with Gasteiger partial charge in [-0.25, -0.2) is 0 Å². The van der Waals surface area contributed by atoms with Gasteiger partial charge in [-0.15, -0.1) is 0 Å². The molecule has 1 fully saturated rings. The first-order valence-electron chi connectivity index (χ1n) is 13.1. The lowest BCUT2D eigenvalue weighted by Crippen LogP contribution is -2.49. The van der Waals surface area contributed by atoms with Gasteiger partial charge in [0.25, 0.3) is 0 Å². The summed E-state index contributed by atoms with van der Waals surface area (Å²) < 4.78 is 40.9. The van der Waals surface area contributed by atoms with Gasteiger partial charge in [-0.1, -0.05) is 50.8 Å². The van der Waals surface area contributed by atoms with E-state index in [4.69, 9.17) is 0 Å². The molecule has 2 aromatic rings. The molecule has 204 valence electrons. The first kappa shape index (κ1) is 28.2. The van der Waals surface area contributed by atoms with Crippen LogP contribution in [0.15, 0.2) is 84.2 Å². The monoisotopic (exact) mass is 533 g/mol. The van der Waals surface area contributed by atoms with Gasteiger partial charge in [0.15, 0.2) is 0 Å². The molecule has 0 bridgehead atoms. The van der Waals surface area contributed by atoms with Gasteiger partial charge in [0.05, 0.1) is 23.1 Å². The van der Waals surface area contributed by atoms with Crippen LogP contribution >= 0.6 is 0 Å². The summed E-state index contributed by atoms with van der Waals surface area (Å²) in [6, 6.07) is 14.1. The molecular formula is C32H34F3N3O. The zero-order valence-electron chi connectivity index (χ0n) is 22.8. The number of carbonyl (C=O) groups excluding carboxylic acids is 1. The van der Waals surface area contributed by atoms with Crippen LogP contribution in [0.2, 0.25) is 0 Å². The quantitative estimate of drug-likeness (QED) is 0.396. The van der Waals surface area contributed by atoms with Gasteiger partial charge in [0.1, 0.15) is 0 Å². The van der Waals surface area contributed by atoms with Gasteiger partial charge in [-0.05, 0) is 73.6 Å². The predicted molar refractivity (Wildman–Crippen MR) is 147 cm³/mol. The first-order valence-corrected chi connectivity index (χ1v) is 13.1. The molecule has 2 aliphatic rings. The smallest absolute Gasteiger partial charge is 0.374 e. The van der Waals surface area contributed by atoms with Gasteiger partial charge in [-0.2, -0.15) is 18.4 Å². The average Bonchev–Trinajstić information content (AvgIpc) is 2.87. The SMILES string of the molecule is C=C(C)C1=C(C)N(c2cccc(C(F)(F)F)c2)C(=O)C(C(=C)N2CC(C)CC(C)C2)C1c1ccc(C#N)cc1. The van der Waals surface area contributed by atoms with Crippen molar-refractivity contribution in [2.45, 2.75) is 46.2 Å². The normalized spacial score (nSPS) is 24.0. The number of nitrogens with zero attached hydrogens (tertiary/aromatic N) is 3. The van der Waals surface area contributed by atoms with E-state index in [9.17, 15) is 23.2 Å². The zero-order chi connectivity index (χ0) is 28.6. The van der Waals surface area contributed by atoms with Crippen molar-refractivity contribution in [3.8, 4) is 6.07 Å². The summed E-state index contributed by atoms with van der Waals surface area (Å²) in [5, 5.41) is 9.33. The Balaban J connectivity index is 1.93. The molecule has 2 aromatic carbocycles. The fourth-order valence-corrected chi connectivity index (χ4v) is 6.23. The Labute approximate surface area is 228 Å². The Morgan fingerprint density at radius 3 is 2.21 bits per heavy atom. The third-order valence-corrected chi connectivity index (χ3v) is 7.78. The molecule has 39 heavy (non-hydrogen) atoms. The van der Waals surface area contributed by atoms with E-state index in [1.165, 1.54) is 17.0 Å². The zero-order valence-corrected chi connectivity index (χ0v) is 22.8. The second kappa shape index (κ2) is 10.8. The lowest BCUT2D eigenvalue weighted by Gasteiger charge is -2.46. The van der Waals surface area contributed by atoms with E-state index < -0.39 is 23.6 Å². The van der Waals surface area contributed by atoms with Crippen LogP contribution in [0.5, 0.6) is 0 Å². The number of nitriles is 1. The average molecular weight is 534 g/mol. The number of amides is 1. The summed E-state index contributed by atoms with van der Waals surface area (Å²) in [6.45, 7) is 18.1. The van der Waals surface area contributed by atoms with Gasteiger partial charge < -0.3 is 4.90 Å². The number of alkyl halides is 3. The Bertz CT molecular complexity index is 1360. The van der Waals surface area contributed by atoms with E-state index >= 15 is 0 Å². The maximum atomic E-state index is 14.5. The minimum atomic E-state index is -4.54. The van der Waals surface area contributed by atoms with Crippen molar-refractivity contribution in [3.05, 3.63) is 101 Å². The van der Waals surface area contributed by atoms with Gasteiger partial charge in [0.2, 0.25) is 5.91 Å². The second-order valence-electron chi connectivity index (χ2n) is 11.0. The Kier molecular flexibility index (Phi) is 7.79. The molecule has 4 atom stereocenters. The molecule has 1 saturated heterocycles. The number of hydrogen-bond acceptors (Lipinski definition) is 3. The fraction of sp³-hybridized carbons (Fsp3) is 0.375. The highest BCUT2D eigenvalue weighted by molar-refractivity contribution is 6.02. The minimum absolute atomic E-state index is 0.155. The standard InChI is InChI=1S/C32H34F3N3O/c1-19(2)28-23(6)38(27-9-7-8-26(15-27)32(33,34)35)31(39)29(22(5)37-17-20(3)14-21(4)18-37)30(28)25-12-10-24(16-36)11-13-25/h7-13,15,20-21,29-30H,1,5,14,17-18H2,2-4,6H3.